The number of ether oxygens (including phenoxy) is 1. The van der Waals surface area contributed by atoms with Crippen LogP contribution in [-0.4, -0.2) is 43.1 Å². The van der Waals surface area contributed by atoms with Crippen molar-refractivity contribution in [3.63, 3.8) is 0 Å². The van der Waals surface area contributed by atoms with Gasteiger partial charge < -0.3 is 15.0 Å². The first kappa shape index (κ1) is 18.1. The van der Waals surface area contributed by atoms with E-state index in [2.05, 4.69) is 27.4 Å². The number of likely N-dealkylation sites (N-methyl/N-ethyl adjacent to an activating group) is 2. The van der Waals surface area contributed by atoms with E-state index in [1.54, 1.807) is 4.90 Å². The lowest BCUT2D eigenvalue weighted by molar-refractivity contribution is -0.125. The Morgan fingerprint density at radius 2 is 1.97 bits per heavy atom. The van der Waals surface area contributed by atoms with Crippen LogP contribution in [0, 0.1) is 0 Å². The topological polar surface area (TPSA) is 67.3 Å². The number of amides is 1. The van der Waals surface area contributed by atoms with E-state index in [4.69, 9.17) is 4.74 Å². The molecule has 1 saturated carbocycles. The average molecular weight is 388 g/mol. The summed E-state index contributed by atoms with van der Waals surface area (Å²) in [5, 5.41) is 4.12. The van der Waals surface area contributed by atoms with Crippen molar-refractivity contribution in [2.45, 2.75) is 24.7 Å². The number of pyridine rings is 2. The van der Waals surface area contributed by atoms with Gasteiger partial charge in [0.1, 0.15) is 6.61 Å². The van der Waals surface area contributed by atoms with Crippen LogP contribution in [0.15, 0.2) is 42.7 Å². The number of hydrogen-bond donors (Lipinski definition) is 1. The van der Waals surface area contributed by atoms with Crippen LogP contribution in [0.2, 0.25) is 0 Å². The van der Waals surface area contributed by atoms with Gasteiger partial charge in [0.15, 0.2) is 0 Å². The molecule has 2 aliphatic rings. The number of benzene rings is 1. The van der Waals surface area contributed by atoms with Gasteiger partial charge in [0, 0.05) is 42.4 Å². The van der Waals surface area contributed by atoms with Gasteiger partial charge in [-0.2, -0.15) is 0 Å². The average Bonchev–Trinajstić information content (AvgIpc) is 2.96. The summed E-state index contributed by atoms with van der Waals surface area (Å²) in [6, 6.07) is 10.2. The molecule has 6 heteroatoms. The minimum Gasteiger partial charge on any atom is -0.476 e. The molecule has 0 unspecified atom stereocenters. The molecule has 6 nitrogen and oxygen atoms in total. The molecule has 148 valence electrons. The van der Waals surface area contributed by atoms with Crippen LogP contribution in [-0.2, 0) is 10.2 Å². The molecule has 1 fully saturated rings. The summed E-state index contributed by atoms with van der Waals surface area (Å²) >= 11 is 0. The van der Waals surface area contributed by atoms with Crippen LogP contribution < -0.4 is 15.0 Å². The lowest BCUT2D eigenvalue weighted by atomic mass is 9.64. The molecule has 3 aromatic rings. The summed E-state index contributed by atoms with van der Waals surface area (Å²) in [7, 11) is 3.76. The molecule has 0 atom stereocenters. The maximum atomic E-state index is 13.0. The highest BCUT2D eigenvalue weighted by Gasteiger charge is 2.54. The Kier molecular flexibility index (Phi) is 4.24. The third kappa shape index (κ3) is 2.70. The zero-order chi connectivity index (χ0) is 20.0. The quantitative estimate of drug-likeness (QED) is 0.680. The van der Waals surface area contributed by atoms with E-state index in [-0.39, 0.29) is 11.3 Å². The molecule has 3 heterocycles. The van der Waals surface area contributed by atoms with E-state index < -0.39 is 0 Å². The number of hydrogen-bond acceptors (Lipinski definition) is 5. The van der Waals surface area contributed by atoms with Gasteiger partial charge in [-0.3, -0.25) is 9.78 Å². The molecular formula is C23H24N4O2. The molecule has 1 spiro atoms. The smallest absolute Gasteiger partial charge is 0.237 e. The van der Waals surface area contributed by atoms with Crippen molar-refractivity contribution in [2.75, 3.05) is 32.1 Å². The maximum absolute atomic E-state index is 13.0. The van der Waals surface area contributed by atoms with Gasteiger partial charge in [-0.05, 0) is 43.7 Å². The molecule has 1 N–H and O–H groups in total. The standard InChI is InChI=1S/C23H24N4O2/c1-24-10-11-29-20-7-5-16(13-26-20)15-4-6-18-17(12-15)21-19(14-25-18)27(2)22(28)23(21)8-3-9-23/h4-7,12-14,24H,3,8-11H2,1-2H3. The van der Waals surface area contributed by atoms with Gasteiger partial charge in [-0.1, -0.05) is 12.5 Å². The zero-order valence-electron chi connectivity index (χ0n) is 16.7. The van der Waals surface area contributed by atoms with Crippen molar-refractivity contribution in [1.82, 2.24) is 15.3 Å². The van der Waals surface area contributed by atoms with Crippen LogP contribution >= 0.6 is 0 Å². The number of nitrogens with zero attached hydrogens (tertiary/aromatic N) is 3. The van der Waals surface area contributed by atoms with E-state index in [9.17, 15) is 4.79 Å². The molecule has 0 bridgehead atoms. The van der Waals surface area contributed by atoms with E-state index in [0.29, 0.717) is 12.5 Å². The number of rotatable bonds is 5. The van der Waals surface area contributed by atoms with Crippen LogP contribution in [0.25, 0.3) is 22.0 Å². The second-order valence-electron chi connectivity index (χ2n) is 7.89. The Balaban J connectivity index is 1.55. The summed E-state index contributed by atoms with van der Waals surface area (Å²) in [6.45, 7) is 1.36. The van der Waals surface area contributed by atoms with Gasteiger partial charge in [-0.15, -0.1) is 0 Å². The van der Waals surface area contributed by atoms with Crippen molar-refractivity contribution in [3.05, 3.63) is 48.3 Å². The molecular weight excluding hydrogens is 364 g/mol. The monoisotopic (exact) mass is 388 g/mol. The number of anilines is 1. The van der Waals surface area contributed by atoms with Crippen molar-refractivity contribution in [3.8, 4) is 17.0 Å². The normalized spacial score (nSPS) is 16.9. The van der Waals surface area contributed by atoms with E-state index in [0.717, 1.165) is 59.1 Å². The van der Waals surface area contributed by atoms with Crippen LogP contribution in [0.1, 0.15) is 24.8 Å². The Morgan fingerprint density at radius 3 is 2.66 bits per heavy atom. The molecule has 1 aliphatic carbocycles. The van der Waals surface area contributed by atoms with Crippen LogP contribution in [0.4, 0.5) is 5.69 Å². The Bertz CT molecular complexity index is 1090. The Labute approximate surface area is 169 Å². The van der Waals surface area contributed by atoms with Crippen molar-refractivity contribution >= 4 is 22.5 Å². The Morgan fingerprint density at radius 1 is 1.14 bits per heavy atom. The lowest BCUT2D eigenvalue weighted by Crippen LogP contribution is -2.43. The van der Waals surface area contributed by atoms with Gasteiger partial charge in [0.05, 0.1) is 22.8 Å². The fourth-order valence-electron chi connectivity index (χ4n) is 4.54. The van der Waals surface area contributed by atoms with Gasteiger partial charge in [0.25, 0.3) is 0 Å². The second-order valence-corrected chi connectivity index (χ2v) is 7.89. The number of fused-ring (bicyclic) bond motifs is 4. The molecule has 2 aromatic heterocycles. The van der Waals surface area contributed by atoms with Crippen LogP contribution in [0.5, 0.6) is 5.88 Å². The highest BCUT2D eigenvalue weighted by molar-refractivity contribution is 6.13. The molecule has 29 heavy (non-hydrogen) atoms. The molecule has 1 amide bonds. The van der Waals surface area contributed by atoms with Crippen molar-refractivity contribution in [2.24, 2.45) is 0 Å². The van der Waals surface area contributed by atoms with E-state index in [1.807, 2.05) is 44.7 Å². The largest absolute Gasteiger partial charge is 0.476 e. The molecule has 0 saturated heterocycles. The summed E-state index contributed by atoms with van der Waals surface area (Å²) in [6.07, 6.45) is 6.63. The summed E-state index contributed by atoms with van der Waals surface area (Å²) in [5.74, 6) is 0.830. The summed E-state index contributed by atoms with van der Waals surface area (Å²) in [4.78, 5) is 23.8. The highest BCUT2D eigenvalue weighted by atomic mass is 16.5. The molecule has 5 rings (SSSR count). The lowest BCUT2D eigenvalue weighted by Gasteiger charge is -2.37. The molecule has 0 radical (unpaired) electrons. The van der Waals surface area contributed by atoms with Gasteiger partial charge >= 0.3 is 0 Å². The minimum atomic E-state index is -0.354. The van der Waals surface area contributed by atoms with Crippen molar-refractivity contribution in [1.29, 1.82) is 0 Å². The number of aromatic nitrogens is 2. The number of carbonyl (C=O) groups is 1. The molecule has 1 aromatic carbocycles. The number of carbonyl (C=O) groups excluding carboxylic acids is 1. The van der Waals surface area contributed by atoms with Gasteiger partial charge in [-0.25, -0.2) is 4.98 Å². The van der Waals surface area contributed by atoms with Crippen molar-refractivity contribution < 1.29 is 9.53 Å². The molecule has 1 aliphatic heterocycles. The first-order valence-electron chi connectivity index (χ1n) is 10.1. The third-order valence-electron chi connectivity index (χ3n) is 6.28. The first-order valence-corrected chi connectivity index (χ1v) is 10.1. The first-order chi connectivity index (χ1) is 14.1. The van der Waals surface area contributed by atoms with E-state index >= 15 is 0 Å². The second kappa shape index (κ2) is 6.81. The fourth-order valence-corrected chi connectivity index (χ4v) is 4.54. The van der Waals surface area contributed by atoms with Crippen LogP contribution in [0.3, 0.4) is 0 Å². The summed E-state index contributed by atoms with van der Waals surface area (Å²) < 4.78 is 5.61. The van der Waals surface area contributed by atoms with E-state index in [1.165, 1.54) is 0 Å². The Hall–Kier alpha value is -2.99. The minimum absolute atomic E-state index is 0.211. The number of nitrogens with one attached hydrogen (secondary N) is 1. The summed E-state index contributed by atoms with van der Waals surface area (Å²) in [5.41, 5.74) is 4.77. The highest BCUT2D eigenvalue weighted by Crippen LogP contribution is 2.55. The SMILES string of the molecule is CNCCOc1ccc(-c2ccc3ncc4c(c3c2)C2(CCC2)C(=O)N4C)cn1. The maximum Gasteiger partial charge on any atom is 0.237 e. The van der Waals surface area contributed by atoms with Gasteiger partial charge in [0.2, 0.25) is 11.8 Å². The fraction of sp³-hybridized carbons (Fsp3) is 0.348. The predicted octanol–water partition coefficient (Wildman–Crippen LogP) is 3.29. The third-order valence-corrected chi connectivity index (χ3v) is 6.28. The zero-order valence-corrected chi connectivity index (χ0v) is 16.7. The predicted molar refractivity (Wildman–Crippen MR) is 113 cm³/mol.